The molecule has 2 aromatic carbocycles. The summed E-state index contributed by atoms with van der Waals surface area (Å²) in [7, 11) is -7.13. The lowest BCUT2D eigenvalue weighted by molar-refractivity contribution is 0.562. The van der Waals surface area contributed by atoms with Crippen LogP contribution in [0.1, 0.15) is 25.8 Å². The molecule has 1 aromatic heterocycles. The van der Waals surface area contributed by atoms with Gasteiger partial charge in [0.05, 0.1) is 28.5 Å². The number of aromatic nitrogens is 2. The number of hydrogen-bond acceptors (Lipinski definition) is 6. The maximum absolute atomic E-state index is 13.1. The molecule has 4 rings (SSSR count). The van der Waals surface area contributed by atoms with E-state index in [9.17, 15) is 16.8 Å². The minimum Gasteiger partial charge on any atom is -0.355 e. The molecule has 0 amide bonds. The highest BCUT2D eigenvalue weighted by atomic mass is 35.5. The fraction of sp³-hybridized carbons (Fsp3) is 0.409. The van der Waals surface area contributed by atoms with Gasteiger partial charge in [0, 0.05) is 40.1 Å². The number of sulfonamides is 1. The van der Waals surface area contributed by atoms with Crippen LogP contribution in [0.15, 0.2) is 41.3 Å². The van der Waals surface area contributed by atoms with Crippen molar-refractivity contribution in [3.63, 3.8) is 0 Å². The number of halogens is 2. The first-order valence-corrected chi connectivity index (χ1v) is 15.0. The van der Waals surface area contributed by atoms with E-state index >= 15 is 0 Å². The fourth-order valence-electron chi connectivity index (χ4n) is 4.19. The molecule has 0 saturated carbocycles. The first-order valence-electron chi connectivity index (χ1n) is 11.0. The Labute approximate surface area is 209 Å². The standard InChI is InChI=1S/C22H26Cl2N4O4S2/c1-3-27(4-2)22-17-12-16(34(31,32)26-15-10-11-33(29,30)14-15)8-9-21(17)28(25-22)13-18-19(23)6-5-7-20(18)24/h5-9,12,15,26H,3-4,10-11,13-14H2,1-2H3. The monoisotopic (exact) mass is 544 g/mol. The minimum absolute atomic E-state index is 0.0112. The zero-order chi connectivity index (χ0) is 24.7. The van der Waals surface area contributed by atoms with Gasteiger partial charge in [0.2, 0.25) is 10.0 Å². The Morgan fingerprint density at radius 2 is 1.82 bits per heavy atom. The van der Waals surface area contributed by atoms with Crippen molar-refractivity contribution < 1.29 is 16.8 Å². The van der Waals surface area contributed by atoms with Crippen LogP contribution in [-0.4, -0.2) is 57.3 Å². The van der Waals surface area contributed by atoms with E-state index in [1.165, 1.54) is 6.07 Å². The van der Waals surface area contributed by atoms with Crippen LogP contribution >= 0.6 is 23.2 Å². The molecule has 1 aliphatic rings. The van der Waals surface area contributed by atoms with Gasteiger partial charge in [-0.2, -0.15) is 5.10 Å². The third-order valence-electron chi connectivity index (χ3n) is 6.00. The van der Waals surface area contributed by atoms with E-state index in [1.807, 2.05) is 18.7 Å². The van der Waals surface area contributed by atoms with E-state index in [0.717, 1.165) is 11.1 Å². The minimum atomic E-state index is -3.92. The predicted molar refractivity (Wildman–Crippen MR) is 136 cm³/mol. The van der Waals surface area contributed by atoms with E-state index in [1.54, 1.807) is 35.0 Å². The largest absolute Gasteiger partial charge is 0.355 e. The average molecular weight is 546 g/mol. The highest BCUT2D eigenvalue weighted by Crippen LogP contribution is 2.32. The zero-order valence-electron chi connectivity index (χ0n) is 18.8. The van der Waals surface area contributed by atoms with Gasteiger partial charge >= 0.3 is 0 Å². The van der Waals surface area contributed by atoms with Gasteiger partial charge in [-0.05, 0) is 50.6 Å². The Balaban J connectivity index is 1.77. The van der Waals surface area contributed by atoms with Gasteiger partial charge in [-0.1, -0.05) is 29.3 Å². The van der Waals surface area contributed by atoms with Crippen LogP contribution in [0, 0.1) is 0 Å². The molecule has 8 nitrogen and oxygen atoms in total. The third kappa shape index (κ3) is 5.06. The van der Waals surface area contributed by atoms with Crippen molar-refractivity contribution in [1.82, 2.24) is 14.5 Å². The van der Waals surface area contributed by atoms with Crippen molar-refractivity contribution in [2.45, 2.75) is 37.8 Å². The van der Waals surface area contributed by atoms with E-state index in [-0.39, 0.29) is 22.8 Å². The van der Waals surface area contributed by atoms with Gasteiger partial charge in [0.1, 0.15) is 0 Å². The normalized spacial score (nSPS) is 17.9. The summed E-state index contributed by atoms with van der Waals surface area (Å²) in [5, 5.41) is 6.51. The highest BCUT2D eigenvalue weighted by molar-refractivity contribution is 7.92. The van der Waals surface area contributed by atoms with Crippen LogP contribution < -0.4 is 9.62 Å². The molecule has 1 fully saturated rings. The number of hydrogen-bond donors (Lipinski definition) is 1. The summed E-state index contributed by atoms with van der Waals surface area (Å²) in [4.78, 5) is 2.11. The molecule has 3 aromatic rings. The van der Waals surface area contributed by atoms with Crippen LogP contribution in [0.4, 0.5) is 5.82 Å². The number of anilines is 1. The molecule has 0 radical (unpaired) electrons. The lowest BCUT2D eigenvalue weighted by Crippen LogP contribution is -2.35. The predicted octanol–water partition coefficient (Wildman–Crippen LogP) is 3.70. The maximum atomic E-state index is 13.1. The smallest absolute Gasteiger partial charge is 0.240 e. The summed E-state index contributed by atoms with van der Waals surface area (Å²) in [5.74, 6) is 0.460. The number of nitrogens with zero attached hydrogens (tertiary/aromatic N) is 3. The Bertz CT molecular complexity index is 1410. The first-order chi connectivity index (χ1) is 16.0. The molecule has 2 heterocycles. The van der Waals surface area contributed by atoms with E-state index in [2.05, 4.69) is 4.72 Å². The molecule has 0 aliphatic carbocycles. The van der Waals surface area contributed by atoms with Crippen LogP contribution in [0.2, 0.25) is 10.0 Å². The van der Waals surface area contributed by atoms with Gasteiger partial charge in [0.25, 0.3) is 0 Å². The van der Waals surface area contributed by atoms with E-state index in [4.69, 9.17) is 28.3 Å². The summed E-state index contributed by atoms with van der Waals surface area (Å²) >= 11 is 12.7. The molecule has 184 valence electrons. The molecular weight excluding hydrogens is 519 g/mol. The number of rotatable bonds is 8. The average Bonchev–Trinajstić information content (AvgIpc) is 3.30. The van der Waals surface area contributed by atoms with Crippen LogP contribution in [-0.2, 0) is 26.4 Å². The van der Waals surface area contributed by atoms with Gasteiger partial charge in [-0.15, -0.1) is 0 Å². The Morgan fingerprint density at radius 3 is 2.41 bits per heavy atom. The Kier molecular flexibility index (Phi) is 7.17. The van der Waals surface area contributed by atoms with Gasteiger partial charge < -0.3 is 4.90 Å². The maximum Gasteiger partial charge on any atom is 0.240 e. The van der Waals surface area contributed by atoms with Crippen LogP contribution in [0.5, 0.6) is 0 Å². The topological polar surface area (TPSA) is 101 Å². The quantitative estimate of drug-likeness (QED) is 0.463. The number of fused-ring (bicyclic) bond motifs is 1. The lowest BCUT2D eigenvalue weighted by Gasteiger charge is -2.18. The first kappa shape index (κ1) is 25.2. The molecular formula is C22H26Cl2N4O4S2. The van der Waals surface area contributed by atoms with Crippen molar-refractivity contribution in [2.24, 2.45) is 0 Å². The fourth-order valence-corrected chi connectivity index (χ4v) is 7.79. The summed E-state index contributed by atoms with van der Waals surface area (Å²) in [6.45, 7) is 5.69. The summed E-state index contributed by atoms with van der Waals surface area (Å²) < 4.78 is 54.0. The molecule has 1 N–H and O–H groups in total. The zero-order valence-corrected chi connectivity index (χ0v) is 22.0. The molecule has 0 bridgehead atoms. The van der Waals surface area contributed by atoms with Crippen molar-refractivity contribution in [2.75, 3.05) is 29.5 Å². The van der Waals surface area contributed by atoms with Crippen molar-refractivity contribution in [1.29, 1.82) is 0 Å². The van der Waals surface area contributed by atoms with E-state index < -0.39 is 25.9 Å². The Morgan fingerprint density at radius 1 is 1.15 bits per heavy atom. The molecule has 1 saturated heterocycles. The molecule has 1 aliphatic heterocycles. The number of benzene rings is 2. The SMILES string of the molecule is CCN(CC)c1nn(Cc2c(Cl)cccc2Cl)c2ccc(S(=O)(=O)NC3CCS(=O)(=O)C3)cc12. The number of nitrogens with one attached hydrogen (secondary N) is 1. The van der Waals surface area contributed by atoms with Crippen molar-refractivity contribution >= 4 is 59.8 Å². The lowest BCUT2D eigenvalue weighted by atomic mass is 10.2. The van der Waals surface area contributed by atoms with Crippen molar-refractivity contribution in [3.05, 3.63) is 52.0 Å². The Hall–Kier alpha value is -1.85. The summed E-state index contributed by atoms with van der Waals surface area (Å²) in [5.41, 5.74) is 1.46. The van der Waals surface area contributed by atoms with Crippen LogP contribution in [0.3, 0.4) is 0 Å². The second-order valence-corrected chi connectivity index (χ2v) is 13.0. The second kappa shape index (κ2) is 9.66. The summed E-state index contributed by atoms with van der Waals surface area (Å²) in [6, 6.07) is 9.48. The number of sulfone groups is 1. The summed E-state index contributed by atoms with van der Waals surface area (Å²) in [6.07, 6.45) is 0.269. The molecule has 12 heteroatoms. The molecule has 1 unspecified atom stereocenters. The van der Waals surface area contributed by atoms with E-state index in [0.29, 0.717) is 40.9 Å². The molecule has 0 spiro atoms. The molecule has 1 atom stereocenters. The van der Waals surface area contributed by atoms with Gasteiger partial charge in [-0.25, -0.2) is 21.6 Å². The van der Waals surface area contributed by atoms with Gasteiger partial charge in [-0.3, -0.25) is 4.68 Å². The van der Waals surface area contributed by atoms with Crippen LogP contribution in [0.25, 0.3) is 10.9 Å². The van der Waals surface area contributed by atoms with Gasteiger partial charge in [0.15, 0.2) is 15.7 Å². The highest BCUT2D eigenvalue weighted by Gasteiger charge is 2.32. The molecule has 34 heavy (non-hydrogen) atoms. The third-order valence-corrected chi connectivity index (χ3v) is 9.99. The van der Waals surface area contributed by atoms with Crippen molar-refractivity contribution in [3.8, 4) is 0 Å². The second-order valence-electron chi connectivity index (χ2n) is 8.25.